The molecule has 4 aromatic rings. The number of nitrogens with zero attached hydrogens (tertiary/aromatic N) is 1. The Bertz CT molecular complexity index is 1780. The van der Waals surface area contributed by atoms with E-state index in [0.29, 0.717) is 44.8 Å². The van der Waals surface area contributed by atoms with Crippen LogP contribution in [0.25, 0.3) is 0 Å². The number of hydrogen-bond donors (Lipinski definition) is 0. The van der Waals surface area contributed by atoms with Crippen molar-refractivity contribution in [2.24, 2.45) is 0 Å². The maximum absolute atomic E-state index is 12.9. The average Bonchev–Trinajstić information content (AvgIpc) is 3.18. The van der Waals surface area contributed by atoms with Gasteiger partial charge in [0.1, 0.15) is 23.7 Å². The van der Waals surface area contributed by atoms with Gasteiger partial charge in [0.05, 0.1) is 44.5 Å². The zero-order valence-electron chi connectivity index (χ0n) is 33.3. The van der Waals surface area contributed by atoms with Crippen molar-refractivity contribution in [3.63, 3.8) is 0 Å². The Morgan fingerprint density at radius 3 is 1.82 bits per heavy atom. The number of nitro benzene ring substituents is 1. The summed E-state index contributed by atoms with van der Waals surface area (Å²) in [6.07, 6.45) is 1.75. The molecular weight excluding hydrogens is 719 g/mol. The van der Waals surface area contributed by atoms with Crippen molar-refractivity contribution in [1.82, 2.24) is 0 Å². The van der Waals surface area contributed by atoms with Gasteiger partial charge < -0.3 is 32.8 Å². The number of carbonyl (C=O) groups excluding carboxylic acids is 1. The highest BCUT2D eigenvalue weighted by molar-refractivity contribution is 6.74. The molecule has 4 rings (SSSR count). The van der Waals surface area contributed by atoms with Crippen LogP contribution in [0.4, 0.5) is 5.69 Å². The Balaban J connectivity index is 1.38. The molecule has 0 aromatic heterocycles. The normalized spacial score (nSPS) is 11.9. The number of unbranched alkanes of at least 4 members (excludes halogenated alkanes) is 1. The molecule has 55 heavy (non-hydrogen) atoms. The molecule has 0 N–H and O–H groups in total. The van der Waals surface area contributed by atoms with Gasteiger partial charge in [0, 0.05) is 26.1 Å². The summed E-state index contributed by atoms with van der Waals surface area (Å²) in [5, 5.41) is 12.1. The number of rotatable bonds is 21. The van der Waals surface area contributed by atoms with Gasteiger partial charge in [0.25, 0.3) is 5.69 Å². The van der Waals surface area contributed by atoms with Gasteiger partial charge in [-0.05, 0) is 78.0 Å². The molecule has 0 bridgehead atoms. The second-order valence-corrected chi connectivity index (χ2v) is 19.5. The van der Waals surface area contributed by atoms with E-state index < -0.39 is 24.8 Å². The number of esters is 1. The van der Waals surface area contributed by atoms with Crippen molar-refractivity contribution in [2.75, 3.05) is 41.2 Å². The molecule has 0 spiro atoms. The van der Waals surface area contributed by atoms with Crippen LogP contribution in [0, 0.1) is 10.1 Å². The van der Waals surface area contributed by atoms with Crippen LogP contribution in [0.2, 0.25) is 18.1 Å². The van der Waals surface area contributed by atoms with E-state index in [4.69, 9.17) is 32.8 Å². The van der Waals surface area contributed by atoms with Gasteiger partial charge in [-0.25, -0.2) is 0 Å². The first kappa shape index (κ1) is 42.8. The number of benzene rings is 4. The van der Waals surface area contributed by atoms with E-state index in [2.05, 4.69) is 33.9 Å². The van der Waals surface area contributed by atoms with E-state index in [0.717, 1.165) is 28.2 Å². The molecular formula is C43H55NO10Si. The van der Waals surface area contributed by atoms with Gasteiger partial charge in [0.15, 0.2) is 19.8 Å². The van der Waals surface area contributed by atoms with Crippen molar-refractivity contribution in [3.8, 4) is 23.0 Å². The third kappa shape index (κ3) is 11.1. The number of hydrogen-bond acceptors (Lipinski definition) is 10. The zero-order valence-corrected chi connectivity index (χ0v) is 34.3. The maximum atomic E-state index is 12.9. The molecule has 0 saturated heterocycles. The van der Waals surface area contributed by atoms with Crippen molar-refractivity contribution < 1.29 is 42.6 Å². The number of carbonyl (C=O) groups is 1. The molecule has 0 aliphatic heterocycles. The van der Waals surface area contributed by atoms with Gasteiger partial charge >= 0.3 is 5.97 Å². The lowest BCUT2D eigenvalue weighted by molar-refractivity contribution is -0.385. The van der Waals surface area contributed by atoms with E-state index in [1.165, 1.54) is 19.2 Å². The van der Waals surface area contributed by atoms with Crippen LogP contribution in [0.15, 0.2) is 91.0 Å². The molecule has 4 aromatic carbocycles. The van der Waals surface area contributed by atoms with Gasteiger partial charge in [-0.2, -0.15) is 0 Å². The molecule has 0 unspecified atom stereocenters. The summed E-state index contributed by atoms with van der Waals surface area (Å²) in [5.41, 5.74) is 1.78. The Labute approximate surface area is 326 Å². The van der Waals surface area contributed by atoms with Crippen molar-refractivity contribution in [1.29, 1.82) is 0 Å². The quantitative estimate of drug-likeness (QED) is 0.0202. The van der Waals surface area contributed by atoms with Gasteiger partial charge in [-0.1, -0.05) is 75.4 Å². The third-order valence-corrected chi connectivity index (χ3v) is 14.6. The summed E-state index contributed by atoms with van der Waals surface area (Å²) in [6, 6.07) is 28.4. The molecule has 0 aliphatic rings. The lowest BCUT2D eigenvalue weighted by Crippen LogP contribution is -2.41. The Morgan fingerprint density at radius 1 is 0.709 bits per heavy atom. The Kier molecular flexibility index (Phi) is 15.3. The van der Waals surface area contributed by atoms with E-state index in [1.807, 2.05) is 78.9 Å². The predicted octanol–water partition coefficient (Wildman–Crippen LogP) is 9.63. The smallest absolute Gasteiger partial charge is 0.306 e. The first-order valence-corrected chi connectivity index (χ1v) is 21.4. The van der Waals surface area contributed by atoms with Crippen LogP contribution in [0.3, 0.4) is 0 Å². The average molecular weight is 774 g/mol. The van der Waals surface area contributed by atoms with Crippen molar-refractivity contribution in [3.05, 3.63) is 123 Å². The van der Waals surface area contributed by atoms with Crippen LogP contribution in [-0.2, 0) is 30.9 Å². The topological polar surface area (TPSA) is 125 Å². The van der Waals surface area contributed by atoms with Crippen molar-refractivity contribution in [2.45, 2.75) is 76.8 Å². The Morgan fingerprint density at radius 2 is 1.29 bits per heavy atom. The molecule has 0 fully saturated rings. The fourth-order valence-electron chi connectivity index (χ4n) is 5.84. The first-order chi connectivity index (χ1) is 26.2. The summed E-state index contributed by atoms with van der Waals surface area (Å²) < 4.78 is 40.8. The summed E-state index contributed by atoms with van der Waals surface area (Å²) in [4.78, 5) is 24.4. The van der Waals surface area contributed by atoms with Gasteiger partial charge in [0.2, 0.25) is 0 Å². The monoisotopic (exact) mass is 773 g/mol. The second kappa shape index (κ2) is 19.6. The van der Waals surface area contributed by atoms with E-state index in [9.17, 15) is 14.9 Å². The highest BCUT2D eigenvalue weighted by Crippen LogP contribution is 2.42. The molecule has 0 aliphatic carbocycles. The van der Waals surface area contributed by atoms with Gasteiger partial charge in [-0.3, -0.25) is 14.9 Å². The number of ether oxygens (including phenoxy) is 6. The molecule has 0 amide bonds. The first-order valence-electron chi connectivity index (χ1n) is 18.5. The molecule has 296 valence electrons. The fraction of sp³-hybridized carbons (Fsp3) is 0.419. The lowest BCUT2D eigenvalue weighted by Gasteiger charge is -2.36. The minimum Gasteiger partial charge on any atom is -0.497 e. The fourth-order valence-corrected chi connectivity index (χ4v) is 6.92. The lowest BCUT2D eigenvalue weighted by atomic mass is 9.80. The van der Waals surface area contributed by atoms with Crippen LogP contribution in [0.5, 0.6) is 23.0 Å². The van der Waals surface area contributed by atoms with E-state index in [1.54, 1.807) is 14.2 Å². The molecule has 12 heteroatoms. The molecule has 0 heterocycles. The zero-order chi connectivity index (χ0) is 40.1. The largest absolute Gasteiger partial charge is 0.497 e. The second-order valence-electron chi connectivity index (χ2n) is 14.7. The van der Waals surface area contributed by atoms with Crippen LogP contribution >= 0.6 is 0 Å². The SMILES string of the molecule is COc1ccc(C(OCCCCC(=O)OCc2cc(OC)c(OCCCO[Si](C)(C)C(C)(C)C)cc2[N+](=O)[O-])(c2ccccc2)c2ccc(OC)cc2)cc1. The number of nitro groups is 1. The van der Waals surface area contributed by atoms with Crippen molar-refractivity contribution >= 4 is 20.0 Å². The highest BCUT2D eigenvalue weighted by Gasteiger charge is 2.38. The molecule has 0 atom stereocenters. The maximum Gasteiger partial charge on any atom is 0.306 e. The van der Waals surface area contributed by atoms with E-state index in [-0.39, 0.29) is 35.1 Å². The summed E-state index contributed by atoms with van der Waals surface area (Å²) in [6.45, 7) is 11.8. The third-order valence-electron chi connectivity index (χ3n) is 10.0. The van der Waals surface area contributed by atoms with Crippen LogP contribution < -0.4 is 18.9 Å². The highest BCUT2D eigenvalue weighted by atomic mass is 28.4. The summed E-state index contributed by atoms with van der Waals surface area (Å²) in [7, 11) is 2.83. The molecule has 0 saturated carbocycles. The minimum atomic E-state index is -1.89. The van der Waals surface area contributed by atoms with E-state index >= 15 is 0 Å². The van der Waals surface area contributed by atoms with Gasteiger partial charge in [-0.15, -0.1) is 0 Å². The predicted molar refractivity (Wildman–Crippen MR) is 215 cm³/mol. The molecule has 11 nitrogen and oxygen atoms in total. The number of methoxy groups -OCH3 is 3. The molecule has 0 radical (unpaired) electrons. The minimum absolute atomic E-state index is 0.0950. The Hall–Kier alpha value is -4.91. The van der Waals surface area contributed by atoms with Crippen LogP contribution in [0.1, 0.15) is 68.7 Å². The van der Waals surface area contributed by atoms with Crippen LogP contribution in [-0.4, -0.2) is 60.4 Å². The standard InChI is InChI=1S/C43H55NO10Si/c1-42(2,3)55(7,8)54-28-14-26-51-40-30-38(44(46)47)32(29-39(40)50-6)31-52-41(45)17-12-13-27-53-43(33-15-10-9-11-16-33,34-18-22-36(48-4)23-19-34)35-20-24-37(49-5)25-21-35/h9-11,15-16,18-25,29-30H,12-14,17,26-28,31H2,1-8H3. The summed E-state index contributed by atoms with van der Waals surface area (Å²) >= 11 is 0. The summed E-state index contributed by atoms with van der Waals surface area (Å²) in [5.74, 6) is 1.54.